The van der Waals surface area contributed by atoms with E-state index in [1.807, 2.05) is 38.1 Å². The predicted octanol–water partition coefficient (Wildman–Crippen LogP) is 2.21. The van der Waals surface area contributed by atoms with Crippen LogP contribution in [0.3, 0.4) is 0 Å². The SMILES string of the molecule is C=COCCCNC(=O)C(C)(C)c1ccc(N)cc1. The van der Waals surface area contributed by atoms with Crippen molar-refractivity contribution in [1.29, 1.82) is 0 Å². The molecule has 1 rings (SSSR count). The fourth-order valence-corrected chi connectivity index (χ4v) is 1.69. The first-order valence-corrected chi connectivity index (χ1v) is 6.35. The Kier molecular flexibility index (Phi) is 5.42. The zero-order chi connectivity index (χ0) is 14.3. The van der Waals surface area contributed by atoms with Crippen molar-refractivity contribution < 1.29 is 9.53 Å². The Morgan fingerprint density at radius 3 is 2.63 bits per heavy atom. The first kappa shape index (κ1) is 15.1. The van der Waals surface area contributed by atoms with E-state index in [2.05, 4.69) is 11.9 Å². The molecule has 0 saturated heterocycles. The van der Waals surface area contributed by atoms with Crippen molar-refractivity contribution in [2.75, 3.05) is 18.9 Å². The van der Waals surface area contributed by atoms with Crippen molar-refractivity contribution in [3.63, 3.8) is 0 Å². The van der Waals surface area contributed by atoms with E-state index >= 15 is 0 Å². The lowest BCUT2D eigenvalue weighted by Gasteiger charge is -2.24. The molecule has 1 aromatic rings. The van der Waals surface area contributed by atoms with Gasteiger partial charge in [0.25, 0.3) is 0 Å². The second-order valence-corrected chi connectivity index (χ2v) is 4.89. The summed E-state index contributed by atoms with van der Waals surface area (Å²) < 4.78 is 5.00. The highest BCUT2D eigenvalue weighted by Gasteiger charge is 2.29. The summed E-state index contributed by atoms with van der Waals surface area (Å²) >= 11 is 0. The molecule has 0 aliphatic carbocycles. The molecule has 19 heavy (non-hydrogen) atoms. The van der Waals surface area contributed by atoms with Gasteiger partial charge in [0, 0.05) is 12.2 Å². The normalized spacial score (nSPS) is 10.8. The Bertz CT molecular complexity index is 424. The van der Waals surface area contributed by atoms with Crippen LogP contribution in [0.5, 0.6) is 0 Å². The van der Waals surface area contributed by atoms with Crippen molar-refractivity contribution in [2.24, 2.45) is 0 Å². The van der Waals surface area contributed by atoms with Crippen molar-refractivity contribution in [1.82, 2.24) is 5.32 Å². The van der Waals surface area contributed by atoms with Crippen LogP contribution in [0.4, 0.5) is 5.69 Å². The van der Waals surface area contributed by atoms with Gasteiger partial charge in [0.05, 0.1) is 18.3 Å². The molecule has 0 atom stereocenters. The predicted molar refractivity (Wildman–Crippen MR) is 77.7 cm³/mol. The van der Waals surface area contributed by atoms with Gasteiger partial charge in [0.1, 0.15) is 0 Å². The Balaban J connectivity index is 2.54. The van der Waals surface area contributed by atoms with Gasteiger partial charge in [0.2, 0.25) is 5.91 Å². The molecule has 104 valence electrons. The highest BCUT2D eigenvalue weighted by atomic mass is 16.5. The minimum atomic E-state index is -0.576. The van der Waals surface area contributed by atoms with Crippen LogP contribution in [0.2, 0.25) is 0 Å². The summed E-state index contributed by atoms with van der Waals surface area (Å²) in [6.45, 7) is 8.40. The summed E-state index contributed by atoms with van der Waals surface area (Å²) in [5, 5.41) is 2.91. The largest absolute Gasteiger partial charge is 0.502 e. The Morgan fingerprint density at radius 2 is 2.05 bits per heavy atom. The quantitative estimate of drug-likeness (QED) is 0.450. The summed E-state index contributed by atoms with van der Waals surface area (Å²) in [6, 6.07) is 7.38. The van der Waals surface area contributed by atoms with Crippen LogP contribution in [-0.4, -0.2) is 19.1 Å². The van der Waals surface area contributed by atoms with Gasteiger partial charge in [-0.2, -0.15) is 0 Å². The Morgan fingerprint density at radius 1 is 1.42 bits per heavy atom. The lowest BCUT2D eigenvalue weighted by atomic mass is 9.83. The first-order chi connectivity index (χ1) is 8.98. The number of rotatable bonds is 7. The molecule has 1 amide bonds. The highest BCUT2D eigenvalue weighted by Crippen LogP contribution is 2.24. The number of ether oxygens (including phenoxy) is 1. The van der Waals surface area contributed by atoms with E-state index in [1.165, 1.54) is 6.26 Å². The summed E-state index contributed by atoms with van der Waals surface area (Å²) in [4.78, 5) is 12.2. The Labute approximate surface area is 114 Å². The van der Waals surface area contributed by atoms with Crippen LogP contribution >= 0.6 is 0 Å². The molecule has 0 saturated carbocycles. The topological polar surface area (TPSA) is 64.3 Å². The number of hydrogen-bond donors (Lipinski definition) is 2. The fraction of sp³-hybridized carbons (Fsp3) is 0.400. The molecule has 0 radical (unpaired) electrons. The van der Waals surface area contributed by atoms with E-state index < -0.39 is 5.41 Å². The van der Waals surface area contributed by atoms with Crippen LogP contribution in [0.1, 0.15) is 25.8 Å². The van der Waals surface area contributed by atoms with Crippen molar-refractivity contribution >= 4 is 11.6 Å². The number of nitrogens with two attached hydrogens (primary N) is 1. The molecule has 0 heterocycles. The maximum absolute atomic E-state index is 12.2. The number of hydrogen-bond acceptors (Lipinski definition) is 3. The van der Waals surface area contributed by atoms with E-state index in [-0.39, 0.29) is 5.91 Å². The molecule has 0 spiro atoms. The van der Waals surface area contributed by atoms with Crippen molar-refractivity contribution in [2.45, 2.75) is 25.7 Å². The van der Waals surface area contributed by atoms with E-state index in [4.69, 9.17) is 10.5 Å². The monoisotopic (exact) mass is 262 g/mol. The van der Waals surface area contributed by atoms with Gasteiger partial charge < -0.3 is 15.8 Å². The van der Waals surface area contributed by atoms with Gasteiger partial charge >= 0.3 is 0 Å². The van der Waals surface area contributed by atoms with Crippen LogP contribution in [0.15, 0.2) is 37.1 Å². The summed E-state index contributed by atoms with van der Waals surface area (Å²) in [5.41, 5.74) is 6.72. The molecule has 0 aliphatic rings. The van der Waals surface area contributed by atoms with Crippen molar-refractivity contribution in [3.8, 4) is 0 Å². The average molecular weight is 262 g/mol. The van der Waals surface area contributed by atoms with E-state index in [0.717, 1.165) is 12.0 Å². The molecule has 0 fully saturated rings. The third-order valence-corrected chi connectivity index (χ3v) is 3.04. The Hall–Kier alpha value is -1.97. The molecule has 1 aromatic carbocycles. The standard InChI is InChI=1S/C15H22N2O2/c1-4-19-11-5-10-17-14(18)15(2,3)12-6-8-13(16)9-7-12/h4,6-9H,1,5,10-11,16H2,2-3H3,(H,17,18). The molecule has 0 unspecified atom stereocenters. The summed E-state index contributed by atoms with van der Waals surface area (Å²) in [6.07, 6.45) is 2.16. The number of nitrogens with one attached hydrogen (secondary N) is 1. The maximum Gasteiger partial charge on any atom is 0.230 e. The van der Waals surface area contributed by atoms with E-state index in [0.29, 0.717) is 18.8 Å². The molecule has 4 heteroatoms. The van der Waals surface area contributed by atoms with Crippen molar-refractivity contribution in [3.05, 3.63) is 42.7 Å². The minimum absolute atomic E-state index is 0.00382. The second kappa shape index (κ2) is 6.83. The minimum Gasteiger partial charge on any atom is -0.502 e. The molecular weight excluding hydrogens is 240 g/mol. The zero-order valence-electron chi connectivity index (χ0n) is 11.6. The van der Waals surface area contributed by atoms with E-state index in [9.17, 15) is 4.79 Å². The third kappa shape index (κ3) is 4.32. The van der Waals surface area contributed by atoms with Crippen LogP contribution in [-0.2, 0) is 14.9 Å². The van der Waals surface area contributed by atoms with Gasteiger partial charge in [-0.05, 0) is 38.0 Å². The third-order valence-electron chi connectivity index (χ3n) is 3.04. The molecule has 0 bridgehead atoms. The van der Waals surface area contributed by atoms with Crippen LogP contribution in [0.25, 0.3) is 0 Å². The maximum atomic E-state index is 12.2. The van der Waals surface area contributed by atoms with Crippen LogP contribution < -0.4 is 11.1 Å². The van der Waals surface area contributed by atoms with Crippen LogP contribution in [0, 0.1) is 0 Å². The molecule has 3 N–H and O–H groups in total. The zero-order valence-corrected chi connectivity index (χ0v) is 11.6. The van der Waals surface area contributed by atoms with Gasteiger partial charge in [-0.15, -0.1) is 0 Å². The molecule has 0 aliphatic heterocycles. The van der Waals surface area contributed by atoms with Gasteiger partial charge in [-0.25, -0.2) is 0 Å². The summed E-state index contributed by atoms with van der Waals surface area (Å²) in [5.74, 6) is -0.00382. The molecule has 4 nitrogen and oxygen atoms in total. The second-order valence-electron chi connectivity index (χ2n) is 4.89. The average Bonchev–Trinajstić information content (AvgIpc) is 2.38. The fourth-order valence-electron chi connectivity index (χ4n) is 1.69. The first-order valence-electron chi connectivity index (χ1n) is 6.35. The highest BCUT2D eigenvalue weighted by molar-refractivity contribution is 5.87. The molecule has 0 aromatic heterocycles. The number of amides is 1. The van der Waals surface area contributed by atoms with Gasteiger partial charge in [0.15, 0.2) is 0 Å². The number of anilines is 1. The lowest BCUT2D eigenvalue weighted by Crippen LogP contribution is -2.40. The smallest absolute Gasteiger partial charge is 0.230 e. The summed E-state index contributed by atoms with van der Waals surface area (Å²) in [7, 11) is 0. The molecular formula is C15H22N2O2. The number of carbonyl (C=O) groups is 1. The number of benzene rings is 1. The number of nitrogen functional groups attached to an aromatic ring is 1. The lowest BCUT2D eigenvalue weighted by molar-refractivity contribution is -0.125. The number of carbonyl (C=O) groups excluding carboxylic acids is 1. The van der Waals surface area contributed by atoms with Gasteiger partial charge in [-0.1, -0.05) is 18.7 Å². The van der Waals surface area contributed by atoms with E-state index in [1.54, 1.807) is 0 Å². The van der Waals surface area contributed by atoms with Gasteiger partial charge in [-0.3, -0.25) is 4.79 Å².